The van der Waals surface area contributed by atoms with E-state index in [1.807, 2.05) is 0 Å². The first-order chi connectivity index (χ1) is 9.85. The summed E-state index contributed by atoms with van der Waals surface area (Å²) in [6.07, 6.45) is -3.28. The van der Waals surface area contributed by atoms with E-state index in [4.69, 9.17) is 0 Å². The average molecular weight is 375 g/mol. The largest absolute Gasteiger partial charge is 0.398 e. The van der Waals surface area contributed by atoms with E-state index in [9.17, 15) is 17.6 Å². The van der Waals surface area contributed by atoms with Gasteiger partial charge in [0.25, 0.3) is 0 Å². The summed E-state index contributed by atoms with van der Waals surface area (Å²) < 4.78 is 50.8. The smallest absolute Gasteiger partial charge is 0.333 e. The molecule has 124 valence electrons. The maximum Gasteiger partial charge on any atom is 0.398 e. The van der Waals surface area contributed by atoms with Crippen LogP contribution in [0.5, 0.6) is 0 Å². The fourth-order valence-corrected chi connectivity index (χ4v) is 3.35. The lowest BCUT2D eigenvalue weighted by atomic mass is 10.2. The molecule has 1 N–H and O–H groups in total. The number of nitrogens with zero attached hydrogens (tertiary/aromatic N) is 1. The van der Waals surface area contributed by atoms with Gasteiger partial charge < -0.3 is 5.32 Å². The van der Waals surface area contributed by atoms with Crippen molar-refractivity contribution in [3.8, 4) is 0 Å². The molecule has 0 fully saturated rings. The molecule has 0 radical (unpaired) electrons. The molecule has 1 aliphatic heterocycles. The van der Waals surface area contributed by atoms with Gasteiger partial charge in [-0.3, -0.25) is 4.99 Å². The summed E-state index contributed by atoms with van der Waals surface area (Å²) in [6, 6.07) is 2.66. The summed E-state index contributed by atoms with van der Waals surface area (Å²) in [7, 11) is 0. The van der Waals surface area contributed by atoms with Crippen molar-refractivity contribution >= 4 is 46.8 Å². The van der Waals surface area contributed by atoms with Gasteiger partial charge in [-0.1, -0.05) is 11.8 Å². The molecule has 2 rings (SSSR count). The number of rotatable bonds is 3. The highest BCUT2D eigenvalue weighted by molar-refractivity contribution is 8.14. The molecule has 22 heavy (non-hydrogen) atoms. The van der Waals surface area contributed by atoms with Gasteiger partial charge in [-0.25, -0.2) is 4.39 Å². The fraction of sp³-hybridized carbons (Fsp3) is 0.462. The topological polar surface area (TPSA) is 24.4 Å². The Bertz CT molecular complexity index is 550. The molecule has 1 heterocycles. The molecule has 1 aromatic carbocycles. The van der Waals surface area contributed by atoms with Gasteiger partial charge in [0.05, 0.1) is 11.4 Å². The van der Waals surface area contributed by atoms with E-state index >= 15 is 0 Å². The third-order valence-electron chi connectivity index (χ3n) is 2.69. The van der Waals surface area contributed by atoms with Crippen LogP contribution in [-0.2, 0) is 0 Å². The number of hydrogen-bond acceptors (Lipinski definition) is 4. The van der Waals surface area contributed by atoms with Crippen molar-refractivity contribution in [1.29, 1.82) is 0 Å². The molecule has 0 saturated carbocycles. The van der Waals surface area contributed by atoms with Crippen LogP contribution in [0.1, 0.15) is 12.0 Å². The van der Waals surface area contributed by atoms with Crippen LogP contribution in [0.15, 0.2) is 22.0 Å². The Hall–Kier alpha value is -0.600. The fourth-order valence-electron chi connectivity index (χ4n) is 1.71. The number of halogens is 5. The lowest BCUT2D eigenvalue weighted by molar-refractivity contribution is -0.105. The van der Waals surface area contributed by atoms with E-state index in [1.165, 1.54) is 23.9 Å². The maximum absolute atomic E-state index is 13.9. The highest BCUT2D eigenvalue weighted by Gasteiger charge is 2.27. The van der Waals surface area contributed by atoms with Crippen LogP contribution in [0.4, 0.5) is 23.2 Å². The van der Waals surface area contributed by atoms with Crippen LogP contribution in [0.2, 0.25) is 0 Å². The Kier molecular flexibility index (Phi) is 7.34. The normalized spacial score (nSPS) is 15.0. The highest BCUT2D eigenvalue weighted by Crippen LogP contribution is 2.32. The summed E-state index contributed by atoms with van der Waals surface area (Å²) in [4.78, 5) is 4.63. The second-order valence-corrected chi connectivity index (χ2v) is 6.62. The molecule has 0 bridgehead atoms. The standard InChI is InChI=1S/C13H14F4N2S2.ClH/c1-8-5-9(14)10(19-12-18-3-2-4-20-12)6-11(8)21-7-13(15,16)17;/h5-6H,2-4,7H2,1H3,(H,18,19);1H. The van der Waals surface area contributed by atoms with Gasteiger partial charge in [0.1, 0.15) is 5.82 Å². The minimum Gasteiger partial charge on any atom is -0.333 e. The average Bonchev–Trinajstić information content (AvgIpc) is 2.41. The Morgan fingerprint density at radius 2 is 2.09 bits per heavy atom. The zero-order valence-electron chi connectivity index (χ0n) is 11.7. The molecule has 0 saturated heterocycles. The van der Waals surface area contributed by atoms with E-state index in [0.29, 0.717) is 33.9 Å². The number of amidine groups is 1. The Morgan fingerprint density at radius 3 is 2.68 bits per heavy atom. The Balaban J connectivity index is 0.00000242. The zero-order valence-corrected chi connectivity index (χ0v) is 14.1. The first-order valence-electron chi connectivity index (χ1n) is 6.29. The van der Waals surface area contributed by atoms with Crippen LogP contribution < -0.4 is 5.32 Å². The number of hydrogen-bond donors (Lipinski definition) is 1. The van der Waals surface area contributed by atoms with E-state index < -0.39 is 17.7 Å². The van der Waals surface area contributed by atoms with Crippen LogP contribution in [0.25, 0.3) is 0 Å². The second kappa shape index (κ2) is 8.31. The van der Waals surface area contributed by atoms with Gasteiger partial charge in [0.15, 0.2) is 5.17 Å². The maximum atomic E-state index is 13.9. The summed E-state index contributed by atoms with van der Waals surface area (Å²) in [5.41, 5.74) is 0.656. The number of aliphatic imine (C=N–C) groups is 1. The SMILES string of the molecule is Cc1cc(F)c(NC2=NCCCS2)cc1SCC(F)(F)F.Cl. The highest BCUT2D eigenvalue weighted by atomic mass is 35.5. The lowest BCUT2D eigenvalue weighted by Gasteiger charge is -2.16. The molecule has 9 heteroatoms. The van der Waals surface area contributed by atoms with Gasteiger partial charge in [0, 0.05) is 17.2 Å². The number of alkyl halides is 3. The lowest BCUT2D eigenvalue weighted by Crippen LogP contribution is -2.15. The van der Waals surface area contributed by atoms with Gasteiger partial charge in [-0.05, 0) is 31.0 Å². The van der Waals surface area contributed by atoms with Crippen LogP contribution in [0.3, 0.4) is 0 Å². The molecule has 0 spiro atoms. The van der Waals surface area contributed by atoms with Gasteiger partial charge in [-0.2, -0.15) is 13.2 Å². The van der Waals surface area contributed by atoms with Crippen LogP contribution >= 0.6 is 35.9 Å². The third-order valence-corrected chi connectivity index (χ3v) is 4.91. The number of nitrogens with one attached hydrogen (secondary N) is 1. The molecule has 2 nitrogen and oxygen atoms in total. The van der Waals surface area contributed by atoms with E-state index in [-0.39, 0.29) is 18.1 Å². The molecule has 0 aliphatic carbocycles. The van der Waals surface area contributed by atoms with E-state index in [2.05, 4.69) is 10.3 Å². The Labute approximate surface area is 140 Å². The zero-order chi connectivity index (χ0) is 15.5. The minimum absolute atomic E-state index is 0. The van der Waals surface area contributed by atoms with E-state index in [0.717, 1.165) is 12.2 Å². The van der Waals surface area contributed by atoms with E-state index in [1.54, 1.807) is 6.92 Å². The molecule has 1 aromatic rings. The molecular formula is C13H15ClF4N2S2. The van der Waals surface area contributed by atoms with Crippen molar-refractivity contribution < 1.29 is 17.6 Å². The van der Waals surface area contributed by atoms with Crippen molar-refractivity contribution in [3.05, 3.63) is 23.5 Å². The van der Waals surface area contributed by atoms with Crippen molar-refractivity contribution in [2.45, 2.75) is 24.4 Å². The number of anilines is 1. The monoisotopic (exact) mass is 374 g/mol. The van der Waals surface area contributed by atoms with Crippen molar-refractivity contribution in [1.82, 2.24) is 0 Å². The van der Waals surface area contributed by atoms with Crippen molar-refractivity contribution in [2.24, 2.45) is 4.99 Å². The van der Waals surface area contributed by atoms with Gasteiger partial charge in [-0.15, -0.1) is 24.2 Å². The second-order valence-electron chi connectivity index (χ2n) is 4.52. The van der Waals surface area contributed by atoms with Gasteiger partial charge >= 0.3 is 6.18 Å². The Morgan fingerprint density at radius 1 is 1.36 bits per heavy atom. The summed E-state index contributed by atoms with van der Waals surface area (Å²) in [5.74, 6) is -0.582. The molecule has 1 aliphatic rings. The van der Waals surface area contributed by atoms with Crippen LogP contribution in [-0.4, -0.2) is 29.4 Å². The number of benzene rings is 1. The number of thioether (sulfide) groups is 2. The molecule has 0 amide bonds. The first-order valence-corrected chi connectivity index (χ1v) is 8.26. The minimum atomic E-state index is -4.25. The predicted octanol–water partition coefficient (Wildman–Crippen LogP) is 5.12. The quantitative estimate of drug-likeness (QED) is 0.587. The molecule has 0 atom stereocenters. The first kappa shape index (κ1) is 19.4. The summed E-state index contributed by atoms with van der Waals surface area (Å²) in [6.45, 7) is 2.27. The molecular weight excluding hydrogens is 360 g/mol. The van der Waals surface area contributed by atoms with Gasteiger partial charge in [0.2, 0.25) is 0 Å². The van der Waals surface area contributed by atoms with Crippen molar-refractivity contribution in [2.75, 3.05) is 23.4 Å². The molecule has 0 aromatic heterocycles. The van der Waals surface area contributed by atoms with Crippen LogP contribution in [0, 0.1) is 12.7 Å². The number of aryl methyl sites for hydroxylation is 1. The van der Waals surface area contributed by atoms with Crippen molar-refractivity contribution in [3.63, 3.8) is 0 Å². The summed E-state index contributed by atoms with van der Waals surface area (Å²) in [5, 5.41) is 3.46. The molecule has 0 unspecified atom stereocenters. The predicted molar refractivity (Wildman–Crippen MR) is 88.2 cm³/mol. The summed E-state index contributed by atoms with van der Waals surface area (Å²) >= 11 is 2.14. The third kappa shape index (κ3) is 5.89.